The lowest BCUT2D eigenvalue weighted by Crippen LogP contribution is -2.28. The van der Waals surface area contributed by atoms with Crippen LogP contribution in [0, 0.1) is 0 Å². The van der Waals surface area contributed by atoms with Crippen LogP contribution in [0.4, 0.5) is 10.5 Å². The van der Waals surface area contributed by atoms with Gasteiger partial charge in [-0.3, -0.25) is 9.97 Å². The Morgan fingerprint density at radius 3 is 2.42 bits per heavy atom. The predicted molar refractivity (Wildman–Crippen MR) is 120 cm³/mol. The van der Waals surface area contributed by atoms with Gasteiger partial charge in [0.2, 0.25) is 0 Å². The molecule has 0 saturated carbocycles. The van der Waals surface area contributed by atoms with E-state index >= 15 is 0 Å². The molecule has 2 aromatic carbocycles. The van der Waals surface area contributed by atoms with Crippen LogP contribution in [0.1, 0.15) is 5.69 Å². The molecule has 2 heterocycles. The lowest BCUT2D eigenvalue weighted by atomic mass is 10.0. The first-order chi connectivity index (χ1) is 15.1. The number of nitrogens with zero attached hydrogens (tertiary/aromatic N) is 2. The molecule has 156 valence electrons. The highest BCUT2D eigenvalue weighted by Crippen LogP contribution is 2.31. The van der Waals surface area contributed by atoms with E-state index < -0.39 is 0 Å². The number of carbonyl (C=O) groups excluding carboxylic acids is 1. The Kier molecular flexibility index (Phi) is 5.93. The standard InChI is InChI=1S/C24H22N4O3/c1-30-21-10-17(11-22(13-21)31-2)18-9-16-6-7-19(12-23(16)26-14-18)28-24(29)27-15-20-5-3-4-8-25-20/h3-14H,15H2,1-2H3,(H2,27,28,29). The SMILES string of the molecule is COc1cc(OC)cc(-c2cnc3cc(NC(=O)NCc4ccccn4)ccc3c2)c1. The van der Waals surface area contributed by atoms with Gasteiger partial charge in [-0.25, -0.2) is 4.79 Å². The van der Waals surface area contributed by atoms with Crippen molar-refractivity contribution >= 4 is 22.6 Å². The number of fused-ring (bicyclic) bond motifs is 1. The molecule has 7 nitrogen and oxygen atoms in total. The number of methoxy groups -OCH3 is 2. The lowest BCUT2D eigenvalue weighted by molar-refractivity contribution is 0.251. The number of benzene rings is 2. The van der Waals surface area contributed by atoms with Gasteiger partial charge in [0.15, 0.2) is 0 Å². The summed E-state index contributed by atoms with van der Waals surface area (Å²) < 4.78 is 10.7. The predicted octanol–water partition coefficient (Wildman–Crippen LogP) is 4.64. The van der Waals surface area contributed by atoms with Gasteiger partial charge >= 0.3 is 6.03 Å². The van der Waals surface area contributed by atoms with Crippen molar-refractivity contribution in [3.05, 3.63) is 78.8 Å². The molecule has 2 amide bonds. The molecule has 0 aliphatic carbocycles. The zero-order valence-electron chi connectivity index (χ0n) is 17.3. The van der Waals surface area contributed by atoms with Gasteiger partial charge in [0.05, 0.1) is 32.0 Å². The number of aromatic nitrogens is 2. The van der Waals surface area contributed by atoms with E-state index in [1.807, 2.05) is 60.7 Å². The van der Waals surface area contributed by atoms with E-state index in [-0.39, 0.29) is 6.03 Å². The molecule has 2 N–H and O–H groups in total. The highest BCUT2D eigenvalue weighted by Gasteiger charge is 2.08. The molecule has 0 aliphatic rings. The minimum atomic E-state index is -0.301. The smallest absolute Gasteiger partial charge is 0.319 e. The number of rotatable bonds is 6. The summed E-state index contributed by atoms with van der Waals surface area (Å²) in [6.45, 7) is 0.353. The Labute approximate surface area is 180 Å². The summed E-state index contributed by atoms with van der Waals surface area (Å²) in [6.07, 6.45) is 3.49. The third-order valence-corrected chi connectivity index (χ3v) is 4.78. The summed E-state index contributed by atoms with van der Waals surface area (Å²) >= 11 is 0. The summed E-state index contributed by atoms with van der Waals surface area (Å²) in [7, 11) is 3.25. The van der Waals surface area contributed by atoms with Crippen molar-refractivity contribution in [2.75, 3.05) is 19.5 Å². The number of nitrogens with one attached hydrogen (secondary N) is 2. The molecular formula is C24H22N4O3. The van der Waals surface area contributed by atoms with E-state index in [2.05, 4.69) is 20.6 Å². The molecule has 0 radical (unpaired) electrons. The van der Waals surface area contributed by atoms with Crippen LogP contribution < -0.4 is 20.1 Å². The third-order valence-electron chi connectivity index (χ3n) is 4.78. The quantitative estimate of drug-likeness (QED) is 0.480. The Hall–Kier alpha value is -4.13. The fourth-order valence-corrected chi connectivity index (χ4v) is 3.18. The van der Waals surface area contributed by atoms with Crippen LogP contribution in [0.25, 0.3) is 22.0 Å². The maximum atomic E-state index is 12.2. The van der Waals surface area contributed by atoms with Gasteiger partial charge in [-0.2, -0.15) is 0 Å². The Morgan fingerprint density at radius 2 is 1.71 bits per heavy atom. The number of ether oxygens (including phenoxy) is 2. The van der Waals surface area contributed by atoms with Crippen LogP contribution in [0.15, 0.2) is 73.1 Å². The molecule has 0 spiro atoms. The molecule has 4 rings (SSSR count). The second kappa shape index (κ2) is 9.13. The second-order valence-corrected chi connectivity index (χ2v) is 6.86. The number of hydrogen-bond acceptors (Lipinski definition) is 5. The van der Waals surface area contributed by atoms with Crippen LogP contribution in [-0.4, -0.2) is 30.2 Å². The van der Waals surface area contributed by atoms with Crippen molar-refractivity contribution in [3.8, 4) is 22.6 Å². The van der Waals surface area contributed by atoms with Gasteiger partial charge in [0.25, 0.3) is 0 Å². The molecule has 0 unspecified atom stereocenters. The normalized spacial score (nSPS) is 10.5. The Bertz CT molecular complexity index is 1190. The molecule has 2 aromatic heterocycles. The van der Waals surface area contributed by atoms with E-state index in [0.29, 0.717) is 23.7 Å². The fraction of sp³-hybridized carbons (Fsp3) is 0.125. The molecular weight excluding hydrogens is 392 g/mol. The van der Waals surface area contributed by atoms with Gasteiger partial charge in [-0.1, -0.05) is 12.1 Å². The van der Waals surface area contributed by atoms with Crippen molar-refractivity contribution in [2.24, 2.45) is 0 Å². The third kappa shape index (κ3) is 4.90. The molecule has 31 heavy (non-hydrogen) atoms. The van der Waals surface area contributed by atoms with Crippen LogP contribution >= 0.6 is 0 Å². The average molecular weight is 414 g/mol. The number of amides is 2. The average Bonchev–Trinajstić information content (AvgIpc) is 2.82. The van der Waals surface area contributed by atoms with Gasteiger partial charge in [0, 0.05) is 35.1 Å². The minimum Gasteiger partial charge on any atom is -0.497 e. The monoisotopic (exact) mass is 414 g/mol. The maximum absolute atomic E-state index is 12.2. The molecule has 4 aromatic rings. The van der Waals surface area contributed by atoms with E-state index in [9.17, 15) is 4.79 Å². The van der Waals surface area contributed by atoms with Crippen LogP contribution in [0.3, 0.4) is 0 Å². The van der Waals surface area contributed by atoms with Crippen molar-refractivity contribution in [1.29, 1.82) is 0 Å². The number of urea groups is 1. The first-order valence-electron chi connectivity index (χ1n) is 9.72. The number of pyridine rings is 2. The van der Waals surface area contributed by atoms with E-state index in [4.69, 9.17) is 9.47 Å². The van der Waals surface area contributed by atoms with Crippen LogP contribution in [0.5, 0.6) is 11.5 Å². The first kappa shape index (κ1) is 20.2. The zero-order chi connectivity index (χ0) is 21.6. The minimum absolute atomic E-state index is 0.301. The zero-order valence-corrected chi connectivity index (χ0v) is 17.3. The van der Waals surface area contributed by atoms with E-state index in [0.717, 1.165) is 27.7 Å². The molecule has 0 saturated heterocycles. The van der Waals surface area contributed by atoms with E-state index in [1.54, 1.807) is 26.6 Å². The molecule has 0 bridgehead atoms. The van der Waals surface area contributed by atoms with E-state index in [1.165, 1.54) is 0 Å². The first-order valence-corrected chi connectivity index (χ1v) is 9.72. The number of anilines is 1. The fourth-order valence-electron chi connectivity index (χ4n) is 3.18. The van der Waals surface area contributed by atoms with Crippen LogP contribution in [-0.2, 0) is 6.54 Å². The molecule has 7 heteroatoms. The second-order valence-electron chi connectivity index (χ2n) is 6.86. The Morgan fingerprint density at radius 1 is 0.903 bits per heavy atom. The van der Waals surface area contributed by atoms with Gasteiger partial charge in [-0.15, -0.1) is 0 Å². The molecule has 0 fully saturated rings. The van der Waals surface area contributed by atoms with Gasteiger partial charge in [0.1, 0.15) is 11.5 Å². The lowest BCUT2D eigenvalue weighted by Gasteiger charge is -2.10. The Balaban J connectivity index is 1.50. The summed E-state index contributed by atoms with van der Waals surface area (Å²) in [5.41, 5.74) is 4.12. The molecule has 0 aliphatic heterocycles. The maximum Gasteiger partial charge on any atom is 0.319 e. The van der Waals surface area contributed by atoms with Crippen LogP contribution in [0.2, 0.25) is 0 Å². The number of hydrogen-bond donors (Lipinski definition) is 2. The van der Waals surface area contributed by atoms with Crippen molar-refractivity contribution < 1.29 is 14.3 Å². The number of carbonyl (C=O) groups is 1. The molecule has 0 atom stereocenters. The highest BCUT2D eigenvalue weighted by molar-refractivity contribution is 5.93. The topological polar surface area (TPSA) is 85.4 Å². The van der Waals surface area contributed by atoms with Crippen molar-refractivity contribution in [3.63, 3.8) is 0 Å². The summed E-state index contributed by atoms with van der Waals surface area (Å²) in [5.74, 6) is 1.43. The van der Waals surface area contributed by atoms with Gasteiger partial charge in [-0.05, 0) is 48.0 Å². The largest absolute Gasteiger partial charge is 0.497 e. The summed E-state index contributed by atoms with van der Waals surface area (Å²) in [5, 5.41) is 6.58. The summed E-state index contributed by atoms with van der Waals surface area (Å²) in [4.78, 5) is 20.9. The summed E-state index contributed by atoms with van der Waals surface area (Å²) in [6, 6.07) is 18.6. The highest BCUT2D eigenvalue weighted by atomic mass is 16.5. The van der Waals surface area contributed by atoms with Crippen molar-refractivity contribution in [1.82, 2.24) is 15.3 Å². The van der Waals surface area contributed by atoms with Crippen molar-refractivity contribution in [2.45, 2.75) is 6.54 Å². The van der Waals surface area contributed by atoms with Gasteiger partial charge < -0.3 is 20.1 Å².